The van der Waals surface area contributed by atoms with Crippen LogP contribution in [0.15, 0.2) is 52.9 Å². The van der Waals surface area contributed by atoms with Crippen LogP contribution >= 0.6 is 11.3 Å². The van der Waals surface area contributed by atoms with Crippen molar-refractivity contribution in [2.75, 3.05) is 18.9 Å². The summed E-state index contributed by atoms with van der Waals surface area (Å²) < 4.78 is 40.6. The molecule has 2 N–H and O–H groups in total. The van der Waals surface area contributed by atoms with E-state index in [9.17, 15) is 12.8 Å². The van der Waals surface area contributed by atoms with Gasteiger partial charge in [-0.3, -0.25) is 0 Å². The SMILES string of the molecule is CNc1nccc(-c2ccc(S(=O)(=O)NCCc3ccc(F)cc3)s2)n1. The minimum absolute atomic E-state index is 0.219. The number of nitrogens with zero attached hydrogens (tertiary/aromatic N) is 2. The van der Waals surface area contributed by atoms with Crippen LogP contribution in [-0.4, -0.2) is 32.0 Å². The number of sulfonamides is 1. The summed E-state index contributed by atoms with van der Waals surface area (Å²) in [6.45, 7) is 0.235. The lowest BCUT2D eigenvalue weighted by atomic mass is 10.1. The number of thiophene rings is 1. The zero-order valence-electron chi connectivity index (χ0n) is 13.9. The molecule has 0 atom stereocenters. The molecule has 9 heteroatoms. The first kappa shape index (κ1) is 18.4. The van der Waals surface area contributed by atoms with Gasteiger partial charge in [-0.1, -0.05) is 12.1 Å². The van der Waals surface area contributed by atoms with Crippen LogP contribution in [0.3, 0.4) is 0 Å². The van der Waals surface area contributed by atoms with Crippen molar-refractivity contribution in [1.29, 1.82) is 0 Å². The van der Waals surface area contributed by atoms with Crippen molar-refractivity contribution >= 4 is 27.3 Å². The molecular formula is C17H17FN4O2S2. The van der Waals surface area contributed by atoms with E-state index < -0.39 is 10.0 Å². The van der Waals surface area contributed by atoms with Crippen LogP contribution in [0.1, 0.15) is 5.56 Å². The molecule has 0 aliphatic rings. The molecule has 0 saturated carbocycles. The van der Waals surface area contributed by atoms with Crippen LogP contribution < -0.4 is 10.0 Å². The van der Waals surface area contributed by atoms with E-state index in [0.717, 1.165) is 21.8 Å². The first-order chi connectivity index (χ1) is 12.5. The minimum atomic E-state index is -3.61. The van der Waals surface area contributed by atoms with E-state index in [-0.39, 0.29) is 16.6 Å². The number of aromatic nitrogens is 2. The molecule has 0 radical (unpaired) electrons. The zero-order chi connectivity index (χ0) is 18.6. The molecule has 1 aromatic carbocycles. The Balaban J connectivity index is 1.67. The van der Waals surface area contributed by atoms with E-state index in [2.05, 4.69) is 20.0 Å². The second-order valence-electron chi connectivity index (χ2n) is 5.41. The molecule has 3 aromatic rings. The van der Waals surface area contributed by atoms with E-state index in [4.69, 9.17) is 0 Å². The number of hydrogen-bond acceptors (Lipinski definition) is 6. The van der Waals surface area contributed by atoms with E-state index in [1.807, 2.05) is 0 Å². The van der Waals surface area contributed by atoms with Crippen molar-refractivity contribution in [2.45, 2.75) is 10.6 Å². The fraction of sp³-hybridized carbons (Fsp3) is 0.176. The van der Waals surface area contributed by atoms with Gasteiger partial charge in [0.25, 0.3) is 0 Å². The normalized spacial score (nSPS) is 11.5. The summed E-state index contributed by atoms with van der Waals surface area (Å²) in [5.74, 6) is 0.157. The number of rotatable bonds is 7. The lowest BCUT2D eigenvalue weighted by molar-refractivity contribution is 0.583. The summed E-state index contributed by atoms with van der Waals surface area (Å²) in [5, 5.41) is 2.85. The molecule has 0 saturated heterocycles. The Morgan fingerprint density at radius 1 is 1.12 bits per heavy atom. The smallest absolute Gasteiger partial charge is 0.250 e. The molecular weight excluding hydrogens is 375 g/mol. The third-order valence-corrected chi connectivity index (χ3v) is 6.66. The van der Waals surface area contributed by atoms with Crippen molar-refractivity contribution < 1.29 is 12.8 Å². The van der Waals surface area contributed by atoms with Crippen molar-refractivity contribution in [3.05, 3.63) is 60.0 Å². The molecule has 0 aliphatic carbocycles. The molecule has 6 nitrogen and oxygen atoms in total. The third-order valence-electron chi connectivity index (χ3n) is 3.60. The van der Waals surface area contributed by atoms with E-state index in [0.29, 0.717) is 18.1 Å². The highest BCUT2D eigenvalue weighted by molar-refractivity contribution is 7.91. The van der Waals surface area contributed by atoms with Crippen molar-refractivity contribution in [2.24, 2.45) is 0 Å². The second-order valence-corrected chi connectivity index (χ2v) is 8.49. The van der Waals surface area contributed by atoms with Crippen LogP contribution in [0, 0.1) is 5.82 Å². The van der Waals surface area contributed by atoms with E-state index in [1.165, 1.54) is 12.1 Å². The molecule has 3 rings (SSSR count). The summed E-state index contributed by atoms with van der Waals surface area (Å²) in [4.78, 5) is 9.09. The van der Waals surface area contributed by atoms with Crippen molar-refractivity contribution in [1.82, 2.24) is 14.7 Å². The van der Waals surface area contributed by atoms with Gasteiger partial charge in [-0.2, -0.15) is 0 Å². The highest BCUT2D eigenvalue weighted by Gasteiger charge is 2.17. The molecule has 2 heterocycles. The van der Waals surface area contributed by atoms with E-state index >= 15 is 0 Å². The fourth-order valence-electron chi connectivity index (χ4n) is 2.27. The number of nitrogens with one attached hydrogen (secondary N) is 2. The van der Waals surface area contributed by atoms with Crippen LogP contribution in [0.5, 0.6) is 0 Å². The van der Waals surface area contributed by atoms with Crippen molar-refractivity contribution in [3.63, 3.8) is 0 Å². The second kappa shape index (κ2) is 7.90. The number of anilines is 1. The van der Waals surface area contributed by atoms with Crippen molar-refractivity contribution in [3.8, 4) is 10.6 Å². The maximum Gasteiger partial charge on any atom is 0.250 e. The maximum absolute atomic E-state index is 12.9. The minimum Gasteiger partial charge on any atom is -0.357 e. The number of benzene rings is 1. The van der Waals surface area contributed by atoms with Crippen LogP contribution in [0.25, 0.3) is 10.6 Å². The van der Waals surface area contributed by atoms with Gasteiger partial charge in [0.2, 0.25) is 16.0 Å². The summed E-state index contributed by atoms with van der Waals surface area (Å²) in [5.41, 5.74) is 1.52. The van der Waals surface area contributed by atoms with Crippen LogP contribution in [0.4, 0.5) is 10.3 Å². The Morgan fingerprint density at radius 2 is 1.88 bits per heavy atom. The Morgan fingerprint density at radius 3 is 2.62 bits per heavy atom. The molecule has 0 aliphatic heterocycles. The molecule has 0 unspecified atom stereocenters. The summed E-state index contributed by atoms with van der Waals surface area (Å²) >= 11 is 1.14. The molecule has 2 aromatic heterocycles. The van der Waals surface area contributed by atoms with Gasteiger partial charge in [0.1, 0.15) is 10.0 Å². The molecule has 0 amide bonds. The lowest BCUT2D eigenvalue weighted by Crippen LogP contribution is -2.25. The van der Waals surface area contributed by atoms with Gasteiger partial charge in [0.05, 0.1) is 10.6 Å². The molecule has 26 heavy (non-hydrogen) atoms. The average molecular weight is 392 g/mol. The fourth-order valence-corrected chi connectivity index (χ4v) is 4.62. The van der Waals surface area contributed by atoms with Gasteiger partial charge in [-0.25, -0.2) is 27.5 Å². The Bertz CT molecular complexity index is 988. The van der Waals surface area contributed by atoms with Gasteiger partial charge < -0.3 is 5.32 Å². The van der Waals surface area contributed by atoms with Gasteiger partial charge in [0, 0.05) is 19.8 Å². The summed E-state index contributed by atoms with van der Waals surface area (Å²) in [6, 6.07) is 11.0. The maximum atomic E-state index is 12.9. The molecule has 0 fully saturated rings. The lowest BCUT2D eigenvalue weighted by Gasteiger charge is -2.05. The van der Waals surface area contributed by atoms with Gasteiger partial charge in [-0.05, 0) is 42.3 Å². The molecule has 0 bridgehead atoms. The van der Waals surface area contributed by atoms with E-state index in [1.54, 1.807) is 43.6 Å². The number of halogens is 1. The molecule has 0 spiro atoms. The average Bonchev–Trinajstić information content (AvgIpc) is 3.14. The topological polar surface area (TPSA) is 84.0 Å². The van der Waals surface area contributed by atoms with Gasteiger partial charge >= 0.3 is 0 Å². The Hall–Kier alpha value is -2.36. The first-order valence-electron chi connectivity index (χ1n) is 7.83. The standard InChI is InChI=1S/C17H17FN4O2S2/c1-19-17-20-10-9-14(22-17)15-6-7-16(25-15)26(23,24)21-11-8-12-2-4-13(18)5-3-12/h2-7,9-10,21H,8,11H2,1H3,(H,19,20,22). The Labute approximate surface area is 155 Å². The summed E-state index contributed by atoms with van der Waals surface area (Å²) in [7, 11) is -1.89. The largest absolute Gasteiger partial charge is 0.357 e. The Kier molecular flexibility index (Phi) is 5.60. The third kappa shape index (κ3) is 4.43. The predicted molar refractivity (Wildman–Crippen MR) is 100 cm³/mol. The molecule has 136 valence electrons. The monoisotopic (exact) mass is 392 g/mol. The van der Waals surface area contributed by atoms with Crippen LogP contribution in [-0.2, 0) is 16.4 Å². The first-order valence-corrected chi connectivity index (χ1v) is 10.1. The quantitative estimate of drug-likeness (QED) is 0.646. The highest BCUT2D eigenvalue weighted by atomic mass is 32.2. The summed E-state index contributed by atoms with van der Waals surface area (Å²) in [6.07, 6.45) is 2.10. The van der Waals surface area contributed by atoms with Crippen LogP contribution in [0.2, 0.25) is 0 Å². The van der Waals surface area contributed by atoms with Gasteiger partial charge in [-0.15, -0.1) is 11.3 Å². The van der Waals surface area contributed by atoms with Gasteiger partial charge in [0.15, 0.2) is 0 Å². The number of hydrogen-bond donors (Lipinski definition) is 2. The highest BCUT2D eigenvalue weighted by Crippen LogP contribution is 2.29. The predicted octanol–water partition coefficient (Wildman–Crippen LogP) is 2.91. The zero-order valence-corrected chi connectivity index (χ0v) is 15.6.